The van der Waals surface area contributed by atoms with Gasteiger partial charge in [-0.3, -0.25) is 9.59 Å². The Hall–Kier alpha value is -3.22. The summed E-state index contributed by atoms with van der Waals surface area (Å²) in [5.74, 6) is -2.09. The van der Waals surface area contributed by atoms with Crippen molar-refractivity contribution in [1.82, 2.24) is 10.6 Å². The molecule has 7 nitrogen and oxygen atoms in total. The zero-order chi connectivity index (χ0) is 27.2. The largest absolute Gasteiger partial charge is 0.390 e. The second-order valence-electron chi connectivity index (χ2n) is 9.15. The molecule has 0 saturated carbocycles. The number of carbonyl (C=O) groups is 2. The summed E-state index contributed by atoms with van der Waals surface area (Å²) in [6.07, 6.45) is -0.784. The smallest absolute Gasteiger partial charge is 0.253 e. The normalized spacial score (nSPS) is 14.8. The van der Waals surface area contributed by atoms with Crippen molar-refractivity contribution in [3.63, 3.8) is 0 Å². The lowest BCUT2D eigenvalue weighted by Crippen LogP contribution is -2.48. The number of hydrogen-bond acceptors (Lipinski definition) is 5. The van der Waals surface area contributed by atoms with E-state index in [0.717, 1.165) is 15.2 Å². The third kappa shape index (κ3) is 7.42. The second-order valence-corrected chi connectivity index (χ2v) is 10.4. The first-order chi connectivity index (χ1) is 18.2. The van der Waals surface area contributed by atoms with Crippen LogP contribution in [0.15, 0.2) is 71.8 Å². The molecule has 0 bridgehead atoms. The highest BCUT2D eigenvalue weighted by molar-refractivity contribution is 14.1. The molecule has 0 fully saturated rings. The molecular formula is C28H27F2IN4O3. The summed E-state index contributed by atoms with van der Waals surface area (Å²) in [6.45, 7) is 2.41. The molecule has 1 aliphatic rings. The number of nitrogens with zero attached hydrogens (tertiary/aromatic N) is 2. The molecule has 0 unspecified atom stereocenters. The first kappa shape index (κ1) is 27.8. The zero-order valence-corrected chi connectivity index (χ0v) is 22.8. The first-order valence-electron chi connectivity index (χ1n) is 12.0. The molecule has 38 heavy (non-hydrogen) atoms. The lowest BCUT2D eigenvalue weighted by atomic mass is 10.00. The van der Waals surface area contributed by atoms with E-state index < -0.39 is 29.7 Å². The Labute approximate surface area is 233 Å². The average molecular weight is 632 g/mol. The van der Waals surface area contributed by atoms with Gasteiger partial charge < -0.3 is 15.7 Å². The van der Waals surface area contributed by atoms with Crippen LogP contribution >= 0.6 is 22.6 Å². The third-order valence-electron chi connectivity index (χ3n) is 6.02. The van der Waals surface area contributed by atoms with Crippen LogP contribution in [0.3, 0.4) is 0 Å². The van der Waals surface area contributed by atoms with Crippen LogP contribution in [0.25, 0.3) is 0 Å². The molecule has 4 rings (SSSR count). The monoisotopic (exact) mass is 632 g/mol. The van der Waals surface area contributed by atoms with Gasteiger partial charge in [0.15, 0.2) is 0 Å². The van der Waals surface area contributed by atoms with E-state index in [2.05, 4.69) is 38.3 Å². The van der Waals surface area contributed by atoms with Gasteiger partial charge in [0.05, 0.1) is 24.3 Å². The maximum atomic E-state index is 13.8. The van der Waals surface area contributed by atoms with Crippen LogP contribution in [0.4, 0.5) is 14.5 Å². The lowest BCUT2D eigenvalue weighted by Gasteiger charge is -2.25. The fourth-order valence-corrected chi connectivity index (χ4v) is 4.79. The molecule has 3 aromatic carbocycles. The van der Waals surface area contributed by atoms with E-state index in [-0.39, 0.29) is 25.3 Å². The minimum Gasteiger partial charge on any atom is -0.390 e. The molecule has 10 heteroatoms. The molecule has 0 spiro atoms. The number of rotatable bonds is 10. The molecule has 2 atom stereocenters. The molecule has 0 aromatic heterocycles. The van der Waals surface area contributed by atoms with Gasteiger partial charge in [-0.2, -0.15) is 5.10 Å². The molecule has 0 radical (unpaired) electrons. The summed E-state index contributed by atoms with van der Waals surface area (Å²) in [7, 11) is 0. The summed E-state index contributed by atoms with van der Waals surface area (Å²) < 4.78 is 28.7. The number of carbonyl (C=O) groups excluding carboxylic acids is 2. The van der Waals surface area contributed by atoms with E-state index in [1.54, 1.807) is 31.2 Å². The number of anilines is 1. The van der Waals surface area contributed by atoms with E-state index in [0.29, 0.717) is 29.1 Å². The van der Waals surface area contributed by atoms with Gasteiger partial charge >= 0.3 is 0 Å². The zero-order valence-electron chi connectivity index (χ0n) is 20.6. The van der Waals surface area contributed by atoms with E-state index in [1.807, 2.05) is 24.3 Å². The second kappa shape index (κ2) is 12.5. The summed E-state index contributed by atoms with van der Waals surface area (Å²) in [4.78, 5) is 25.1. The molecule has 1 aliphatic heterocycles. The first-order valence-corrected chi connectivity index (χ1v) is 13.1. The van der Waals surface area contributed by atoms with Crippen molar-refractivity contribution in [1.29, 1.82) is 0 Å². The number of hydrazone groups is 1. The Balaban J connectivity index is 1.46. The predicted molar refractivity (Wildman–Crippen MR) is 150 cm³/mol. The molecule has 2 amide bonds. The van der Waals surface area contributed by atoms with Crippen molar-refractivity contribution in [2.75, 3.05) is 11.6 Å². The Morgan fingerprint density at radius 2 is 1.79 bits per heavy atom. The Morgan fingerprint density at radius 1 is 1.08 bits per heavy atom. The van der Waals surface area contributed by atoms with Gasteiger partial charge in [0.2, 0.25) is 0 Å². The molecule has 198 valence electrons. The van der Waals surface area contributed by atoms with Crippen molar-refractivity contribution in [2.24, 2.45) is 5.10 Å². The molecule has 1 heterocycles. The number of halogens is 3. The standard InChI is InChI=1S/C28H27F2IN4O3/c1-17-9-27(37)35(34-17)24-7-5-20(6-8-24)28(38)33-25(13-19-10-21(29)14-22(30)11-19)26(36)16-32-15-18-3-2-4-23(31)12-18/h2-8,10-12,14,25-26,32,36H,9,13,15-16H2,1H3,(H,33,38)/t25-,26-/m0/s1. The molecular weight excluding hydrogens is 605 g/mol. The number of hydrogen-bond donors (Lipinski definition) is 3. The highest BCUT2D eigenvalue weighted by atomic mass is 127. The van der Waals surface area contributed by atoms with Crippen LogP contribution in [0.2, 0.25) is 0 Å². The van der Waals surface area contributed by atoms with Gasteiger partial charge in [0, 0.05) is 34.0 Å². The lowest BCUT2D eigenvalue weighted by molar-refractivity contribution is -0.116. The summed E-state index contributed by atoms with van der Waals surface area (Å²) >= 11 is 2.22. The highest BCUT2D eigenvalue weighted by Crippen LogP contribution is 2.21. The third-order valence-corrected chi connectivity index (χ3v) is 6.69. The van der Waals surface area contributed by atoms with Crippen molar-refractivity contribution in [3.05, 3.63) is 98.6 Å². The van der Waals surface area contributed by atoms with E-state index in [4.69, 9.17) is 0 Å². The van der Waals surface area contributed by atoms with Gasteiger partial charge in [-0.05, 0) is 95.6 Å². The van der Waals surface area contributed by atoms with Crippen LogP contribution in [-0.4, -0.2) is 41.3 Å². The van der Waals surface area contributed by atoms with E-state index in [9.17, 15) is 23.5 Å². The van der Waals surface area contributed by atoms with Crippen LogP contribution in [-0.2, 0) is 17.8 Å². The predicted octanol–water partition coefficient (Wildman–Crippen LogP) is 4.17. The SMILES string of the molecule is CC1=NN(c2ccc(C(=O)N[C@@H](Cc3cc(F)cc(F)c3)[C@@H](O)CNCc3cccc(I)c3)cc2)C(=O)C1. The van der Waals surface area contributed by atoms with Crippen LogP contribution < -0.4 is 15.6 Å². The highest BCUT2D eigenvalue weighted by Gasteiger charge is 2.25. The van der Waals surface area contributed by atoms with Crippen molar-refractivity contribution in [2.45, 2.75) is 38.5 Å². The minimum absolute atomic E-state index is 0.0147. The van der Waals surface area contributed by atoms with Crippen molar-refractivity contribution < 1.29 is 23.5 Å². The van der Waals surface area contributed by atoms with E-state index in [1.165, 1.54) is 17.1 Å². The Morgan fingerprint density at radius 3 is 2.42 bits per heavy atom. The van der Waals surface area contributed by atoms with Crippen molar-refractivity contribution >= 4 is 45.8 Å². The van der Waals surface area contributed by atoms with Gasteiger partial charge in [0.25, 0.3) is 11.8 Å². The molecule has 3 aromatic rings. The Bertz CT molecular complexity index is 1330. The number of benzene rings is 3. The number of aliphatic hydroxyl groups is 1. The summed E-state index contributed by atoms with van der Waals surface area (Å²) in [6, 6.07) is 16.5. The number of amides is 2. The average Bonchev–Trinajstić information content (AvgIpc) is 3.20. The maximum Gasteiger partial charge on any atom is 0.253 e. The van der Waals surface area contributed by atoms with Gasteiger partial charge in [-0.15, -0.1) is 0 Å². The van der Waals surface area contributed by atoms with Crippen LogP contribution in [0, 0.1) is 15.2 Å². The van der Waals surface area contributed by atoms with Gasteiger partial charge in [-0.25, -0.2) is 13.8 Å². The minimum atomic E-state index is -1.05. The Kier molecular flexibility index (Phi) is 9.18. The van der Waals surface area contributed by atoms with Gasteiger partial charge in [-0.1, -0.05) is 12.1 Å². The van der Waals surface area contributed by atoms with Crippen molar-refractivity contribution in [3.8, 4) is 0 Å². The fraction of sp³-hybridized carbons (Fsp3) is 0.250. The fourth-order valence-electron chi connectivity index (χ4n) is 4.18. The molecule has 3 N–H and O–H groups in total. The van der Waals surface area contributed by atoms with Gasteiger partial charge in [0.1, 0.15) is 11.6 Å². The summed E-state index contributed by atoms with van der Waals surface area (Å²) in [5.41, 5.74) is 2.89. The summed E-state index contributed by atoms with van der Waals surface area (Å²) in [5, 5.41) is 22.4. The number of nitrogens with one attached hydrogen (secondary N) is 2. The van der Waals surface area contributed by atoms with E-state index >= 15 is 0 Å². The van der Waals surface area contributed by atoms with Crippen LogP contribution in [0.5, 0.6) is 0 Å². The molecule has 0 aliphatic carbocycles. The quantitative estimate of drug-likeness (QED) is 0.293. The maximum absolute atomic E-state index is 13.8. The van der Waals surface area contributed by atoms with Crippen LogP contribution in [0.1, 0.15) is 34.8 Å². The molecule has 0 saturated heterocycles. The number of aliphatic hydroxyl groups excluding tert-OH is 1. The topological polar surface area (TPSA) is 94.0 Å².